The van der Waals surface area contributed by atoms with Gasteiger partial charge in [0.25, 0.3) is 0 Å². The third-order valence-electron chi connectivity index (χ3n) is 3.15. The lowest BCUT2D eigenvalue weighted by atomic mass is 10.1. The average Bonchev–Trinajstić information content (AvgIpc) is 2.49. The lowest BCUT2D eigenvalue weighted by Gasteiger charge is -2.05. The molecular weight excluding hydrogens is 290 g/mol. The number of benzene rings is 1. The van der Waals surface area contributed by atoms with Gasteiger partial charge < -0.3 is 10.4 Å². The van der Waals surface area contributed by atoms with Crippen LogP contribution in [0.25, 0.3) is 0 Å². The fourth-order valence-corrected chi connectivity index (χ4v) is 2.04. The normalized spacial score (nSPS) is 10.4. The zero-order valence-corrected chi connectivity index (χ0v) is 12.9. The van der Waals surface area contributed by atoms with E-state index in [1.807, 2.05) is 0 Å². The van der Waals surface area contributed by atoms with Crippen molar-refractivity contribution in [3.05, 3.63) is 34.9 Å². The van der Waals surface area contributed by atoms with Gasteiger partial charge in [-0.25, -0.2) is 0 Å². The number of aliphatic hydroxyl groups excluding tert-OH is 1. The molecule has 0 radical (unpaired) electrons. The van der Waals surface area contributed by atoms with Crippen LogP contribution in [0.2, 0.25) is 5.02 Å². The maximum Gasteiger partial charge on any atom is 0.220 e. The molecule has 0 atom stereocenters. The highest BCUT2D eigenvalue weighted by molar-refractivity contribution is 6.30. The lowest BCUT2D eigenvalue weighted by molar-refractivity contribution is -0.121. The monoisotopic (exact) mass is 311 g/mol. The Bertz CT molecular complexity index is 445. The maximum atomic E-state index is 11.9. The average molecular weight is 312 g/mol. The Labute approximate surface area is 130 Å². The third-order valence-corrected chi connectivity index (χ3v) is 3.40. The molecule has 0 aromatic heterocycles. The number of aliphatic hydroxyl groups is 1. The largest absolute Gasteiger partial charge is 0.396 e. The first-order valence-electron chi connectivity index (χ1n) is 7.30. The number of carbonyl (C=O) groups excluding carboxylic acids is 2. The molecule has 0 aliphatic rings. The molecule has 0 bridgehead atoms. The van der Waals surface area contributed by atoms with Crippen molar-refractivity contribution >= 4 is 23.3 Å². The summed E-state index contributed by atoms with van der Waals surface area (Å²) in [6.07, 6.45) is 4.09. The molecule has 0 unspecified atom stereocenters. The number of amides is 1. The standard InChI is InChI=1S/C16H22ClNO3/c17-14-7-5-13(6-8-14)15(20)9-10-16(21)18-11-3-1-2-4-12-19/h5-8,19H,1-4,9-12H2,(H,18,21). The van der Waals surface area contributed by atoms with E-state index in [1.165, 1.54) is 0 Å². The van der Waals surface area contributed by atoms with Crippen LogP contribution in [0.3, 0.4) is 0 Å². The number of ketones is 1. The highest BCUT2D eigenvalue weighted by atomic mass is 35.5. The molecule has 2 N–H and O–H groups in total. The first-order chi connectivity index (χ1) is 10.1. The molecule has 0 saturated carbocycles. The Kier molecular flexibility index (Phi) is 8.71. The summed E-state index contributed by atoms with van der Waals surface area (Å²) in [5.41, 5.74) is 0.580. The highest BCUT2D eigenvalue weighted by Gasteiger charge is 2.08. The molecule has 5 heteroatoms. The van der Waals surface area contributed by atoms with Crippen LogP contribution in [0.5, 0.6) is 0 Å². The van der Waals surface area contributed by atoms with Crippen LogP contribution in [-0.4, -0.2) is 29.9 Å². The van der Waals surface area contributed by atoms with Crippen molar-refractivity contribution in [2.24, 2.45) is 0 Å². The topological polar surface area (TPSA) is 66.4 Å². The molecule has 0 aliphatic heterocycles. The van der Waals surface area contributed by atoms with Crippen LogP contribution in [0, 0.1) is 0 Å². The van der Waals surface area contributed by atoms with E-state index >= 15 is 0 Å². The van der Waals surface area contributed by atoms with Crippen LogP contribution in [0.4, 0.5) is 0 Å². The van der Waals surface area contributed by atoms with E-state index in [0.717, 1.165) is 25.7 Å². The number of rotatable bonds is 10. The Morgan fingerprint density at radius 2 is 1.67 bits per heavy atom. The van der Waals surface area contributed by atoms with Crippen molar-refractivity contribution in [1.82, 2.24) is 5.32 Å². The molecule has 0 fully saturated rings. The van der Waals surface area contributed by atoms with Crippen molar-refractivity contribution in [3.63, 3.8) is 0 Å². The second kappa shape index (κ2) is 10.4. The zero-order chi connectivity index (χ0) is 15.5. The molecule has 0 aliphatic carbocycles. The molecule has 21 heavy (non-hydrogen) atoms. The molecule has 0 heterocycles. The predicted molar refractivity (Wildman–Crippen MR) is 83.6 cm³/mol. The number of carbonyl (C=O) groups is 2. The fraction of sp³-hybridized carbons (Fsp3) is 0.500. The van der Waals surface area contributed by atoms with Gasteiger partial charge in [0, 0.05) is 36.6 Å². The molecule has 4 nitrogen and oxygen atoms in total. The number of unbranched alkanes of at least 4 members (excludes halogenated alkanes) is 3. The van der Waals surface area contributed by atoms with Crippen molar-refractivity contribution < 1.29 is 14.7 Å². The highest BCUT2D eigenvalue weighted by Crippen LogP contribution is 2.11. The van der Waals surface area contributed by atoms with E-state index in [2.05, 4.69) is 5.32 Å². The summed E-state index contributed by atoms with van der Waals surface area (Å²) in [6.45, 7) is 0.846. The van der Waals surface area contributed by atoms with Crippen LogP contribution >= 0.6 is 11.6 Å². The lowest BCUT2D eigenvalue weighted by Crippen LogP contribution is -2.24. The van der Waals surface area contributed by atoms with Crippen LogP contribution in [0.1, 0.15) is 48.9 Å². The smallest absolute Gasteiger partial charge is 0.220 e. The van der Waals surface area contributed by atoms with Gasteiger partial charge in [0.15, 0.2) is 5.78 Å². The second-order valence-corrected chi connectivity index (χ2v) is 5.35. The van der Waals surface area contributed by atoms with Gasteiger partial charge in [-0.15, -0.1) is 0 Å². The van der Waals surface area contributed by atoms with E-state index < -0.39 is 0 Å². The summed E-state index contributed by atoms with van der Waals surface area (Å²) in [6, 6.07) is 6.68. The van der Waals surface area contributed by atoms with Gasteiger partial charge in [-0.1, -0.05) is 24.4 Å². The first kappa shape index (κ1) is 17.7. The van der Waals surface area contributed by atoms with Gasteiger partial charge in [0.2, 0.25) is 5.91 Å². The van der Waals surface area contributed by atoms with Crippen molar-refractivity contribution in [1.29, 1.82) is 0 Å². The van der Waals surface area contributed by atoms with Crippen molar-refractivity contribution in [3.8, 4) is 0 Å². The van der Waals surface area contributed by atoms with E-state index in [9.17, 15) is 9.59 Å². The molecule has 0 spiro atoms. The van der Waals surface area contributed by atoms with E-state index in [-0.39, 0.29) is 31.1 Å². The summed E-state index contributed by atoms with van der Waals surface area (Å²) in [7, 11) is 0. The molecule has 1 amide bonds. The Hall–Kier alpha value is -1.39. The predicted octanol–water partition coefficient (Wildman–Crippen LogP) is 2.97. The Balaban J connectivity index is 2.15. The minimum Gasteiger partial charge on any atom is -0.396 e. The van der Waals surface area contributed by atoms with Gasteiger partial charge >= 0.3 is 0 Å². The van der Waals surface area contributed by atoms with E-state index in [1.54, 1.807) is 24.3 Å². The number of hydrogen-bond donors (Lipinski definition) is 2. The summed E-state index contributed by atoms with van der Waals surface area (Å²) >= 11 is 5.76. The number of halogens is 1. The Morgan fingerprint density at radius 3 is 2.33 bits per heavy atom. The number of Topliss-reactive ketones (excluding diaryl/α,β-unsaturated/α-hetero) is 1. The number of nitrogens with one attached hydrogen (secondary N) is 1. The summed E-state index contributed by atoms with van der Waals surface area (Å²) in [5.74, 6) is -0.149. The molecule has 1 aromatic carbocycles. The van der Waals surface area contributed by atoms with Gasteiger partial charge in [-0.05, 0) is 37.1 Å². The van der Waals surface area contributed by atoms with Gasteiger partial charge in [0.05, 0.1) is 0 Å². The molecule has 1 aromatic rings. The summed E-state index contributed by atoms with van der Waals surface area (Å²) in [4.78, 5) is 23.5. The van der Waals surface area contributed by atoms with Crippen molar-refractivity contribution in [2.45, 2.75) is 38.5 Å². The van der Waals surface area contributed by atoms with Crippen molar-refractivity contribution in [2.75, 3.05) is 13.2 Å². The fourth-order valence-electron chi connectivity index (χ4n) is 1.91. The van der Waals surface area contributed by atoms with Gasteiger partial charge in [-0.3, -0.25) is 9.59 Å². The summed E-state index contributed by atoms with van der Waals surface area (Å²) in [5, 5.41) is 12.0. The van der Waals surface area contributed by atoms with E-state index in [0.29, 0.717) is 17.1 Å². The SMILES string of the molecule is O=C(CCC(=O)c1ccc(Cl)cc1)NCCCCCCO. The van der Waals surface area contributed by atoms with Gasteiger partial charge in [-0.2, -0.15) is 0 Å². The minimum absolute atomic E-state index is 0.0511. The first-order valence-corrected chi connectivity index (χ1v) is 7.67. The molecule has 1 rings (SSSR count). The van der Waals surface area contributed by atoms with Crippen LogP contribution < -0.4 is 5.32 Å². The van der Waals surface area contributed by atoms with E-state index in [4.69, 9.17) is 16.7 Å². The third kappa shape index (κ3) is 7.83. The zero-order valence-electron chi connectivity index (χ0n) is 12.1. The second-order valence-electron chi connectivity index (χ2n) is 4.92. The molecular formula is C16H22ClNO3. The maximum absolute atomic E-state index is 11.9. The van der Waals surface area contributed by atoms with Crippen LogP contribution in [-0.2, 0) is 4.79 Å². The molecule has 116 valence electrons. The summed E-state index contributed by atoms with van der Waals surface area (Å²) < 4.78 is 0. The quantitative estimate of drug-likeness (QED) is 0.515. The minimum atomic E-state index is -0.0977. The molecule has 0 saturated heterocycles. The van der Waals surface area contributed by atoms with Gasteiger partial charge in [0.1, 0.15) is 0 Å². The number of hydrogen-bond acceptors (Lipinski definition) is 3. The van der Waals surface area contributed by atoms with Crippen LogP contribution in [0.15, 0.2) is 24.3 Å². The Morgan fingerprint density at radius 1 is 1.00 bits per heavy atom.